The number of ether oxygens (including phenoxy) is 2. The molecule has 0 spiro atoms. The van der Waals surface area contributed by atoms with Crippen LogP contribution in [-0.4, -0.2) is 43.5 Å². The van der Waals surface area contributed by atoms with Crippen molar-refractivity contribution in [2.75, 3.05) is 29.6 Å². The van der Waals surface area contributed by atoms with Crippen molar-refractivity contribution in [3.05, 3.63) is 72.0 Å². The van der Waals surface area contributed by atoms with Crippen molar-refractivity contribution < 1.29 is 22.7 Å². The minimum Gasteiger partial charge on any atom is -0.497 e. The summed E-state index contributed by atoms with van der Waals surface area (Å²) >= 11 is 1.25. The maximum atomic E-state index is 12.6. The van der Waals surface area contributed by atoms with Gasteiger partial charge in [0.25, 0.3) is 15.9 Å². The lowest BCUT2D eigenvalue weighted by Crippen LogP contribution is -2.15. The van der Waals surface area contributed by atoms with Gasteiger partial charge in [0.15, 0.2) is 5.13 Å². The molecule has 0 saturated heterocycles. The lowest BCUT2D eigenvalue weighted by Gasteiger charge is -2.10. The number of hydrogen-bond acceptors (Lipinski definition) is 10. The van der Waals surface area contributed by atoms with E-state index in [2.05, 4.69) is 30.3 Å². The molecule has 4 rings (SSSR count). The van der Waals surface area contributed by atoms with Crippen LogP contribution in [0.3, 0.4) is 0 Å². The van der Waals surface area contributed by atoms with Crippen LogP contribution in [0.2, 0.25) is 0 Å². The maximum Gasteiger partial charge on any atom is 0.275 e. The number of anilines is 4. The predicted molar refractivity (Wildman–Crippen MR) is 132 cm³/mol. The third kappa shape index (κ3) is 5.83. The van der Waals surface area contributed by atoms with Gasteiger partial charge in [-0.2, -0.15) is 0 Å². The van der Waals surface area contributed by atoms with E-state index in [-0.39, 0.29) is 16.5 Å². The number of nitrogens with zero attached hydrogens (tertiary/aromatic N) is 3. The molecule has 0 bridgehead atoms. The van der Waals surface area contributed by atoms with E-state index in [1.165, 1.54) is 48.0 Å². The Bertz CT molecular complexity index is 1430. The van der Waals surface area contributed by atoms with Gasteiger partial charge in [-0.25, -0.2) is 28.1 Å². The minimum atomic E-state index is -3.87. The summed E-state index contributed by atoms with van der Waals surface area (Å²) in [6, 6.07) is 12.6. The number of sulfonamides is 1. The smallest absolute Gasteiger partial charge is 0.275 e. The molecule has 2 aromatic heterocycles. The van der Waals surface area contributed by atoms with Gasteiger partial charge in [-0.3, -0.25) is 4.79 Å². The molecule has 35 heavy (non-hydrogen) atoms. The number of nitrogens with one attached hydrogen (secondary N) is 3. The number of carbonyl (C=O) groups excluding carboxylic acids is 1. The van der Waals surface area contributed by atoms with Crippen LogP contribution in [0, 0.1) is 0 Å². The highest BCUT2D eigenvalue weighted by Gasteiger charge is 2.17. The van der Waals surface area contributed by atoms with E-state index < -0.39 is 15.9 Å². The standard InChI is InChI=1S/C22H20N6O5S2/c1-32-15-6-9-17(19(12-15)33-2)26-22-27-18(13-34-22)20(29)25-14-4-7-16(8-5-14)35(30,31)28-21-23-10-3-11-24-21/h3-13H,1-2H3,(H,25,29)(H,26,27)(H,23,24,28). The first kappa shape index (κ1) is 23.9. The van der Waals surface area contributed by atoms with Crippen LogP contribution in [0.5, 0.6) is 11.5 Å². The molecule has 0 radical (unpaired) electrons. The molecule has 2 heterocycles. The van der Waals surface area contributed by atoms with E-state index in [1.807, 2.05) is 0 Å². The van der Waals surface area contributed by atoms with Crippen LogP contribution < -0.4 is 24.8 Å². The molecule has 4 aromatic rings. The summed E-state index contributed by atoms with van der Waals surface area (Å²) in [5, 5.41) is 7.92. The Balaban J connectivity index is 1.41. The number of methoxy groups -OCH3 is 2. The maximum absolute atomic E-state index is 12.6. The summed E-state index contributed by atoms with van der Waals surface area (Å²) in [5.41, 5.74) is 1.27. The quantitative estimate of drug-likeness (QED) is 0.305. The van der Waals surface area contributed by atoms with Crippen LogP contribution in [-0.2, 0) is 10.0 Å². The van der Waals surface area contributed by atoms with Gasteiger partial charge in [0, 0.05) is 29.5 Å². The van der Waals surface area contributed by atoms with Crippen molar-refractivity contribution in [1.29, 1.82) is 0 Å². The highest BCUT2D eigenvalue weighted by molar-refractivity contribution is 7.92. The van der Waals surface area contributed by atoms with Crippen LogP contribution in [0.25, 0.3) is 0 Å². The van der Waals surface area contributed by atoms with E-state index in [1.54, 1.807) is 43.9 Å². The fourth-order valence-corrected chi connectivity index (χ4v) is 4.56. The molecule has 180 valence electrons. The second-order valence-corrected chi connectivity index (χ2v) is 9.43. The normalized spacial score (nSPS) is 10.9. The van der Waals surface area contributed by atoms with Crippen molar-refractivity contribution >= 4 is 49.7 Å². The van der Waals surface area contributed by atoms with Crippen LogP contribution in [0.4, 0.5) is 22.5 Å². The monoisotopic (exact) mass is 512 g/mol. The molecule has 1 amide bonds. The van der Waals surface area contributed by atoms with E-state index in [0.717, 1.165) is 0 Å². The first-order chi connectivity index (χ1) is 16.9. The lowest BCUT2D eigenvalue weighted by molar-refractivity contribution is 0.102. The van der Waals surface area contributed by atoms with Gasteiger partial charge in [-0.1, -0.05) is 0 Å². The number of carbonyl (C=O) groups is 1. The molecule has 0 aliphatic carbocycles. The van der Waals surface area contributed by atoms with E-state index >= 15 is 0 Å². The van der Waals surface area contributed by atoms with Crippen LogP contribution in [0.1, 0.15) is 10.5 Å². The topological polar surface area (TPSA) is 144 Å². The van der Waals surface area contributed by atoms with Gasteiger partial charge in [0.1, 0.15) is 17.2 Å². The Labute approximate surface area is 205 Å². The molecular formula is C22H20N6O5S2. The van der Waals surface area contributed by atoms with Crippen molar-refractivity contribution in [2.24, 2.45) is 0 Å². The van der Waals surface area contributed by atoms with Gasteiger partial charge in [0.05, 0.1) is 24.8 Å². The highest BCUT2D eigenvalue weighted by Crippen LogP contribution is 2.32. The molecule has 2 aromatic carbocycles. The molecule has 0 aliphatic rings. The van der Waals surface area contributed by atoms with Gasteiger partial charge < -0.3 is 20.1 Å². The summed E-state index contributed by atoms with van der Waals surface area (Å²) < 4.78 is 37.8. The van der Waals surface area contributed by atoms with Gasteiger partial charge in [0.2, 0.25) is 5.95 Å². The predicted octanol–water partition coefficient (Wildman–Crippen LogP) is 3.75. The summed E-state index contributed by atoms with van der Waals surface area (Å²) in [6.07, 6.45) is 2.85. The Morgan fingerprint density at radius 1 is 1.00 bits per heavy atom. The number of hydrogen-bond donors (Lipinski definition) is 3. The van der Waals surface area contributed by atoms with Gasteiger partial charge >= 0.3 is 0 Å². The van der Waals surface area contributed by atoms with Crippen LogP contribution in [0.15, 0.2) is 71.2 Å². The molecule has 0 unspecified atom stereocenters. The lowest BCUT2D eigenvalue weighted by atomic mass is 10.3. The van der Waals surface area contributed by atoms with Crippen LogP contribution >= 0.6 is 11.3 Å². The summed E-state index contributed by atoms with van der Waals surface area (Å²) in [5.74, 6) is 0.732. The third-order valence-corrected chi connectivity index (χ3v) is 6.70. The molecule has 0 aliphatic heterocycles. The Morgan fingerprint density at radius 2 is 1.74 bits per heavy atom. The average Bonchev–Trinajstić information content (AvgIpc) is 3.34. The molecule has 0 saturated carbocycles. The number of benzene rings is 2. The zero-order valence-corrected chi connectivity index (χ0v) is 20.2. The SMILES string of the molecule is COc1ccc(Nc2nc(C(=O)Nc3ccc(S(=O)(=O)Nc4ncccn4)cc3)cs2)c(OC)c1. The molecule has 0 fully saturated rings. The van der Waals surface area contributed by atoms with Crippen molar-refractivity contribution in [3.8, 4) is 11.5 Å². The summed E-state index contributed by atoms with van der Waals surface area (Å²) in [7, 11) is -0.762. The number of thiazole rings is 1. The summed E-state index contributed by atoms with van der Waals surface area (Å²) in [4.78, 5) is 24.6. The molecule has 0 atom stereocenters. The highest BCUT2D eigenvalue weighted by atomic mass is 32.2. The molecular weight excluding hydrogens is 492 g/mol. The van der Waals surface area contributed by atoms with Crippen molar-refractivity contribution in [2.45, 2.75) is 4.90 Å². The molecule has 11 nitrogen and oxygen atoms in total. The first-order valence-corrected chi connectivity index (χ1v) is 12.4. The zero-order valence-electron chi connectivity index (χ0n) is 18.6. The molecule has 13 heteroatoms. The fourth-order valence-electron chi connectivity index (χ4n) is 2.90. The van der Waals surface area contributed by atoms with E-state index in [9.17, 15) is 13.2 Å². The second kappa shape index (κ2) is 10.4. The minimum absolute atomic E-state index is 0.00321. The Kier molecular flexibility index (Phi) is 7.08. The number of aromatic nitrogens is 3. The largest absolute Gasteiger partial charge is 0.497 e. The molecule has 3 N–H and O–H groups in total. The third-order valence-electron chi connectivity index (χ3n) is 4.60. The number of amides is 1. The Morgan fingerprint density at radius 3 is 2.43 bits per heavy atom. The van der Waals surface area contributed by atoms with E-state index in [0.29, 0.717) is 28.0 Å². The zero-order chi connectivity index (χ0) is 24.8. The van der Waals surface area contributed by atoms with Gasteiger partial charge in [-0.05, 0) is 42.5 Å². The second-order valence-electron chi connectivity index (χ2n) is 6.89. The van der Waals surface area contributed by atoms with E-state index in [4.69, 9.17) is 9.47 Å². The Hall–Kier alpha value is -4.23. The first-order valence-electron chi connectivity index (χ1n) is 10.0. The fraction of sp³-hybridized carbons (Fsp3) is 0.0909. The number of rotatable bonds is 9. The van der Waals surface area contributed by atoms with Gasteiger partial charge in [-0.15, -0.1) is 11.3 Å². The van der Waals surface area contributed by atoms with Crippen molar-refractivity contribution in [3.63, 3.8) is 0 Å². The summed E-state index contributed by atoms with van der Waals surface area (Å²) in [6.45, 7) is 0. The van der Waals surface area contributed by atoms with Crippen molar-refractivity contribution in [1.82, 2.24) is 15.0 Å². The average molecular weight is 513 g/mol.